The second kappa shape index (κ2) is 6.94. The minimum atomic E-state index is -0.308. The van der Waals surface area contributed by atoms with E-state index in [1.807, 2.05) is 0 Å². The van der Waals surface area contributed by atoms with Gasteiger partial charge >= 0.3 is 0 Å². The molecule has 1 aromatic heterocycles. The molecule has 6 nitrogen and oxygen atoms in total. The summed E-state index contributed by atoms with van der Waals surface area (Å²) in [5, 5.41) is 5.41. The van der Waals surface area contributed by atoms with Crippen molar-refractivity contribution in [3.8, 4) is 0 Å². The van der Waals surface area contributed by atoms with E-state index in [4.69, 9.17) is 9.15 Å². The van der Waals surface area contributed by atoms with Gasteiger partial charge in [0.1, 0.15) is 0 Å². The molecule has 1 atom stereocenters. The molecule has 2 N–H and O–H groups in total. The average Bonchev–Trinajstić information content (AvgIpc) is 3.09. The molecule has 1 unspecified atom stereocenters. The molecule has 0 aliphatic carbocycles. The fourth-order valence-electron chi connectivity index (χ4n) is 1.91. The zero-order valence-electron chi connectivity index (χ0n) is 10.7. The summed E-state index contributed by atoms with van der Waals surface area (Å²) in [7, 11) is 0. The SMILES string of the molecule is O=C(CCNC(=O)c1ccco1)NCC1CCCO1. The van der Waals surface area contributed by atoms with Crippen LogP contribution in [0.3, 0.4) is 0 Å². The largest absolute Gasteiger partial charge is 0.459 e. The first-order valence-corrected chi connectivity index (χ1v) is 6.45. The molecule has 2 rings (SSSR count). The van der Waals surface area contributed by atoms with E-state index in [2.05, 4.69) is 10.6 Å². The van der Waals surface area contributed by atoms with Crippen LogP contribution >= 0.6 is 0 Å². The van der Waals surface area contributed by atoms with Crippen LogP contribution < -0.4 is 10.6 Å². The highest BCUT2D eigenvalue weighted by Crippen LogP contribution is 2.10. The number of carbonyl (C=O) groups is 2. The normalized spacial score (nSPS) is 18.2. The molecule has 0 bridgehead atoms. The molecule has 0 aromatic carbocycles. The molecule has 1 aliphatic heterocycles. The molecule has 104 valence electrons. The Labute approximate surface area is 111 Å². The maximum Gasteiger partial charge on any atom is 0.286 e. The lowest BCUT2D eigenvalue weighted by Gasteiger charge is -2.10. The lowest BCUT2D eigenvalue weighted by molar-refractivity contribution is -0.121. The van der Waals surface area contributed by atoms with Crippen molar-refractivity contribution < 1.29 is 18.7 Å². The van der Waals surface area contributed by atoms with E-state index in [1.165, 1.54) is 6.26 Å². The van der Waals surface area contributed by atoms with Crippen LogP contribution in [-0.2, 0) is 9.53 Å². The van der Waals surface area contributed by atoms with Crippen LogP contribution in [0.4, 0.5) is 0 Å². The van der Waals surface area contributed by atoms with Crippen molar-refractivity contribution in [3.05, 3.63) is 24.2 Å². The highest BCUT2D eigenvalue weighted by Gasteiger charge is 2.16. The van der Waals surface area contributed by atoms with Gasteiger partial charge in [0.15, 0.2) is 5.76 Å². The Morgan fingerprint density at radius 1 is 1.37 bits per heavy atom. The van der Waals surface area contributed by atoms with Crippen molar-refractivity contribution in [2.75, 3.05) is 19.7 Å². The third kappa shape index (κ3) is 4.40. The van der Waals surface area contributed by atoms with Crippen LogP contribution in [0.1, 0.15) is 29.8 Å². The standard InChI is InChI=1S/C13H18N2O4/c16-12(15-9-10-3-1-7-18-10)5-6-14-13(17)11-4-2-8-19-11/h2,4,8,10H,1,3,5-7,9H2,(H,14,17)(H,15,16). The Morgan fingerprint density at radius 3 is 2.95 bits per heavy atom. The van der Waals surface area contributed by atoms with Gasteiger partial charge in [-0.3, -0.25) is 9.59 Å². The number of hydrogen-bond acceptors (Lipinski definition) is 4. The van der Waals surface area contributed by atoms with Crippen LogP contribution in [0, 0.1) is 0 Å². The predicted molar refractivity (Wildman–Crippen MR) is 67.6 cm³/mol. The van der Waals surface area contributed by atoms with Gasteiger partial charge in [-0.25, -0.2) is 0 Å². The lowest BCUT2D eigenvalue weighted by atomic mass is 10.2. The molecule has 0 spiro atoms. The maximum absolute atomic E-state index is 11.5. The second-order valence-corrected chi connectivity index (χ2v) is 4.42. The second-order valence-electron chi connectivity index (χ2n) is 4.42. The minimum Gasteiger partial charge on any atom is -0.459 e. The Balaban J connectivity index is 1.57. The fourth-order valence-corrected chi connectivity index (χ4v) is 1.91. The molecule has 2 heterocycles. The van der Waals surface area contributed by atoms with E-state index in [0.29, 0.717) is 6.54 Å². The van der Waals surface area contributed by atoms with E-state index in [-0.39, 0.29) is 36.6 Å². The average molecular weight is 266 g/mol. The summed E-state index contributed by atoms with van der Waals surface area (Å²) < 4.78 is 10.3. The Kier molecular flexibility index (Phi) is 4.97. The van der Waals surface area contributed by atoms with Gasteiger partial charge in [0.2, 0.25) is 5.91 Å². The summed E-state index contributed by atoms with van der Waals surface area (Å²) in [4.78, 5) is 23.0. The van der Waals surface area contributed by atoms with E-state index in [1.54, 1.807) is 12.1 Å². The highest BCUT2D eigenvalue weighted by atomic mass is 16.5. The van der Waals surface area contributed by atoms with Gasteiger partial charge < -0.3 is 19.8 Å². The monoisotopic (exact) mass is 266 g/mol. The molecule has 1 aliphatic rings. The molecule has 1 aromatic rings. The number of rotatable bonds is 6. The van der Waals surface area contributed by atoms with Gasteiger partial charge in [0.25, 0.3) is 5.91 Å². The minimum absolute atomic E-state index is 0.0877. The number of nitrogens with one attached hydrogen (secondary N) is 2. The van der Waals surface area contributed by atoms with Gasteiger partial charge in [-0.2, -0.15) is 0 Å². The van der Waals surface area contributed by atoms with Crippen molar-refractivity contribution in [1.82, 2.24) is 10.6 Å². The number of ether oxygens (including phenoxy) is 1. The fraction of sp³-hybridized carbons (Fsp3) is 0.538. The van der Waals surface area contributed by atoms with Crippen molar-refractivity contribution >= 4 is 11.8 Å². The smallest absolute Gasteiger partial charge is 0.286 e. The first kappa shape index (κ1) is 13.6. The number of amides is 2. The van der Waals surface area contributed by atoms with Crippen LogP contribution in [0.15, 0.2) is 22.8 Å². The van der Waals surface area contributed by atoms with Crippen molar-refractivity contribution in [1.29, 1.82) is 0 Å². The highest BCUT2D eigenvalue weighted by molar-refractivity contribution is 5.91. The van der Waals surface area contributed by atoms with Gasteiger partial charge in [-0.1, -0.05) is 0 Å². The third-order valence-corrected chi connectivity index (χ3v) is 2.93. The number of hydrogen-bond donors (Lipinski definition) is 2. The van der Waals surface area contributed by atoms with Crippen molar-refractivity contribution in [2.24, 2.45) is 0 Å². The summed E-state index contributed by atoms with van der Waals surface area (Å²) in [5.74, 6) is -0.146. The van der Waals surface area contributed by atoms with Gasteiger partial charge in [-0.15, -0.1) is 0 Å². The first-order chi connectivity index (χ1) is 9.25. The van der Waals surface area contributed by atoms with E-state index in [9.17, 15) is 9.59 Å². The summed E-state index contributed by atoms with van der Waals surface area (Å²) in [6, 6.07) is 3.22. The van der Waals surface area contributed by atoms with Crippen LogP contribution in [0.5, 0.6) is 0 Å². The quantitative estimate of drug-likeness (QED) is 0.794. The van der Waals surface area contributed by atoms with Crippen molar-refractivity contribution in [3.63, 3.8) is 0 Å². The maximum atomic E-state index is 11.5. The summed E-state index contributed by atoms with van der Waals surface area (Å²) in [5.41, 5.74) is 0. The summed E-state index contributed by atoms with van der Waals surface area (Å²) in [6.45, 7) is 1.61. The molecular formula is C13H18N2O4. The van der Waals surface area contributed by atoms with Crippen molar-refractivity contribution in [2.45, 2.75) is 25.4 Å². The molecule has 6 heteroatoms. The van der Waals surface area contributed by atoms with Crippen LogP contribution in [0.25, 0.3) is 0 Å². The van der Waals surface area contributed by atoms with Gasteiger partial charge in [-0.05, 0) is 25.0 Å². The summed E-state index contributed by atoms with van der Waals surface area (Å²) >= 11 is 0. The Morgan fingerprint density at radius 2 is 2.26 bits per heavy atom. The Hall–Kier alpha value is -1.82. The number of furan rings is 1. The molecular weight excluding hydrogens is 248 g/mol. The topological polar surface area (TPSA) is 80.6 Å². The van der Waals surface area contributed by atoms with E-state index in [0.717, 1.165) is 19.4 Å². The predicted octanol–water partition coefficient (Wildman–Crippen LogP) is 0.695. The van der Waals surface area contributed by atoms with Gasteiger partial charge in [0.05, 0.1) is 12.4 Å². The molecule has 2 amide bonds. The van der Waals surface area contributed by atoms with E-state index >= 15 is 0 Å². The summed E-state index contributed by atoms with van der Waals surface area (Å²) in [6.07, 6.45) is 3.87. The number of carbonyl (C=O) groups excluding carboxylic acids is 2. The molecule has 1 fully saturated rings. The molecule has 0 radical (unpaired) electrons. The molecule has 19 heavy (non-hydrogen) atoms. The Bertz CT molecular complexity index is 410. The van der Waals surface area contributed by atoms with E-state index < -0.39 is 0 Å². The van der Waals surface area contributed by atoms with Crippen LogP contribution in [0.2, 0.25) is 0 Å². The lowest BCUT2D eigenvalue weighted by Crippen LogP contribution is -2.34. The first-order valence-electron chi connectivity index (χ1n) is 6.45. The van der Waals surface area contributed by atoms with Gasteiger partial charge in [0, 0.05) is 26.1 Å². The third-order valence-electron chi connectivity index (χ3n) is 2.93. The molecule has 0 saturated carbocycles. The zero-order chi connectivity index (χ0) is 13.5. The zero-order valence-corrected chi connectivity index (χ0v) is 10.7. The molecule has 1 saturated heterocycles. The van der Waals surface area contributed by atoms with Crippen LogP contribution in [-0.4, -0.2) is 37.6 Å².